The number of likely N-dealkylation sites (N-methyl/N-ethyl adjacent to an activating group) is 2. The van der Waals surface area contributed by atoms with Gasteiger partial charge in [0.15, 0.2) is 8.32 Å². The molecule has 2 fully saturated rings. The number of rotatable bonds is 14. The Hall–Kier alpha value is -6.04. The van der Waals surface area contributed by atoms with Crippen LogP contribution in [0.15, 0.2) is 84.9 Å². The lowest BCUT2D eigenvalue weighted by atomic mass is 9.98. The summed E-state index contributed by atoms with van der Waals surface area (Å²) in [5.41, 5.74) is 0.498. The molecule has 4 atom stereocenters. The van der Waals surface area contributed by atoms with Crippen LogP contribution in [0.1, 0.15) is 86.3 Å². The molecule has 2 aliphatic heterocycles. The van der Waals surface area contributed by atoms with Crippen LogP contribution in [0.3, 0.4) is 0 Å². The van der Waals surface area contributed by atoms with E-state index in [-0.39, 0.29) is 67.9 Å². The standard InChI is InChI=1S/C31H47N3O5Si.C25H33N3O5/c1-30(2,3)39-29(37)34-18-17-33(28(36)25(34)16-19-38-40(8,9)31(4,5)6)26(27(35)32-7)21-22-14-15-23-12-10-11-13-24(23)20-22;1-25(2,3)33-24(32)28-13-12-27(23(31)20(28)11-14-29)21(22(30)26-4)16-17-9-10-18-7-5-6-8-19(18)15-17/h10-15,20,25-26H,16-19,21H2,1-9H3,(H,32,35);5-10,15,20-21,29H,11-14,16H2,1-4H3,(H,26,30). The number of carbonyl (C=O) groups excluding carboxylic acids is 6. The molecule has 0 aromatic heterocycles. The van der Waals surface area contributed by atoms with Crippen molar-refractivity contribution in [3.63, 3.8) is 0 Å². The third kappa shape index (κ3) is 15.3. The molecule has 4 unspecified atom stereocenters. The number of nitrogens with one attached hydrogen (secondary N) is 2. The minimum absolute atomic E-state index is 0.0185. The molecule has 3 N–H and O–H groups in total. The van der Waals surface area contributed by atoms with E-state index in [9.17, 15) is 33.9 Å². The third-order valence-electron chi connectivity index (χ3n) is 13.7. The Morgan fingerprint density at radius 3 is 1.34 bits per heavy atom. The lowest BCUT2D eigenvalue weighted by molar-refractivity contribution is -0.149. The number of hydrogen-bond acceptors (Lipinski definition) is 10. The maximum absolute atomic E-state index is 14.1. The first kappa shape index (κ1) is 57.9. The van der Waals surface area contributed by atoms with Crippen LogP contribution in [0.2, 0.25) is 18.1 Å². The predicted molar refractivity (Wildman–Crippen MR) is 287 cm³/mol. The molecule has 0 radical (unpaired) electrons. The second-order valence-corrected chi connectivity index (χ2v) is 27.2. The van der Waals surface area contributed by atoms with Crippen LogP contribution in [0.4, 0.5) is 9.59 Å². The van der Waals surface area contributed by atoms with E-state index in [1.807, 2.05) is 99.6 Å². The summed E-state index contributed by atoms with van der Waals surface area (Å²) in [4.78, 5) is 85.4. The molecule has 6 rings (SSSR count). The summed E-state index contributed by atoms with van der Waals surface area (Å²) in [7, 11) is 1.07. The number of benzene rings is 4. The number of aliphatic hydroxyl groups excluding tert-OH is 1. The number of carbonyl (C=O) groups is 6. The number of aliphatic hydroxyl groups is 1. The molecule has 4 aromatic carbocycles. The zero-order chi connectivity index (χ0) is 54.1. The summed E-state index contributed by atoms with van der Waals surface area (Å²) in [5, 5.41) is 19.3. The highest BCUT2D eigenvalue weighted by atomic mass is 28.4. The average Bonchev–Trinajstić information content (AvgIpc) is 3.32. The van der Waals surface area contributed by atoms with Crippen molar-refractivity contribution >= 4 is 65.7 Å². The molecule has 17 heteroatoms. The molecule has 6 amide bonds. The Balaban J connectivity index is 0.000000276. The van der Waals surface area contributed by atoms with E-state index in [4.69, 9.17) is 13.9 Å². The molecule has 2 aliphatic rings. The summed E-state index contributed by atoms with van der Waals surface area (Å²) in [5.74, 6) is -1.13. The number of ether oxygens (including phenoxy) is 2. The summed E-state index contributed by atoms with van der Waals surface area (Å²) in [6.45, 7) is 22.5. The van der Waals surface area contributed by atoms with E-state index in [1.165, 1.54) is 14.7 Å². The van der Waals surface area contributed by atoms with Crippen LogP contribution in [0, 0.1) is 0 Å². The topological polar surface area (TPSA) is 187 Å². The largest absolute Gasteiger partial charge is 0.444 e. The van der Waals surface area contributed by atoms with Gasteiger partial charge in [0.1, 0.15) is 35.4 Å². The van der Waals surface area contributed by atoms with Gasteiger partial charge in [0.05, 0.1) is 0 Å². The number of nitrogens with zero attached hydrogens (tertiary/aromatic N) is 4. The first-order valence-corrected chi connectivity index (χ1v) is 28.3. The lowest BCUT2D eigenvalue weighted by Crippen LogP contribution is -2.64. The van der Waals surface area contributed by atoms with Crippen molar-refractivity contribution in [3.8, 4) is 0 Å². The highest BCUT2D eigenvalue weighted by Gasteiger charge is 2.45. The van der Waals surface area contributed by atoms with Crippen molar-refractivity contribution in [2.45, 2.75) is 141 Å². The molecule has 73 heavy (non-hydrogen) atoms. The van der Waals surface area contributed by atoms with E-state index in [2.05, 4.69) is 50.6 Å². The first-order valence-electron chi connectivity index (χ1n) is 25.4. The number of amides is 6. The van der Waals surface area contributed by atoms with E-state index in [0.717, 1.165) is 32.7 Å². The smallest absolute Gasteiger partial charge is 0.411 e. The van der Waals surface area contributed by atoms with Gasteiger partial charge in [-0.25, -0.2) is 9.59 Å². The van der Waals surface area contributed by atoms with E-state index in [1.54, 1.807) is 39.8 Å². The molecule has 0 aliphatic carbocycles. The maximum atomic E-state index is 14.1. The fourth-order valence-corrected chi connectivity index (χ4v) is 9.89. The van der Waals surface area contributed by atoms with Crippen molar-refractivity contribution in [2.24, 2.45) is 0 Å². The van der Waals surface area contributed by atoms with Crippen LogP contribution in [0.25, 0.3) is 21.5 Å². The molecule has 0 spiro atoms. The molecule has 16 nitrogen and oxygen atoms in total. The fourth-order valence-electron chi connectivity index (χ4n) is 8.83. The molecule has 0 bridgehead atoms. The molecule has 398 valence electrons. The van der Waals surface area contributed by atoms with Crippen molar-refractivity contribution in [3.05, 3.63) is 96.1 Å². The number of piperazine rings is 2. The van der Waals surface area contributed by atoms with Crippen molar-refractivity contribution in [1.29, 1.82) is 0 Å². The predicted octanol–water partition coefficient (Wildman–Crippen LogP) is 7.68. The molecule has 4 aromatic rings. The van der Waals surface area contributed by atoms with Crippen LogP contribution in [0.5, 0.6) is 0 Å². The highest BCUT2D eigenvalue weighted by Crippen LogP contribution is 2.37. The van der Waals surface area contributed by atoms with Gasteiger partial charge in [-0.3, -0.25) is 29.0 Å². The normalized spacial score (nSPS) is 17.7. The second-order valence-electron chi connectivity index (χ2n) is 22.4. The van der Waals surface area contributed by atoms with Gasteiger partial charge in [0.2, 0.25) is 23.6 Å². The van der Waals surface area contributed by atoms with Gasteiger partial charge in [-0.05, 0) is 98.8 Å². The van der Waals surface area contributed by atoms with Crippen LogP contribution in [-0.2, 0) is 45.9 Å². The molecular formula is C56H80N6O10Si. The van der Waals surface area contributed by atoms with Crippen molar-refractivity contribution in [1.82, 2.24) is 30.2 Å². The number of fused-ring (bicyclic) bond motifs is 2. The SMILES string of the molecule is CNC(=O)C(Cc1ccc2ccccc2c1)N1CCN(C(=O)OC(C)(C)C)C(CCO)C1=O.CNC(=O)C(Cc1ccc2ccccc2c1)N1CCN(C(=O)OC(C)(C)C)C(CCO[Si](C)(C)C(C)(C)C)C1=O. The fraction of sp³-hybridized carbons (Fsp3) is 0.536. The third-order valence-corrected chi connectivity index (χ3v) is 18.2. The van der Waals surface area contributed by atoms with E-state index < -0.39 is 55.9 Å². The van der Waals surface area contributed by atoms with Crippen LogP contribution < -0.4 is 10.6 Å². The Kier molecular flexibility index (Phi) is 19.3. The van der Waals surface area contributed by atoms with Gasteiger partial charge >= 0.3 is 12.2 Å². The quantitative estimate of drug-likeness (QED) is 0.106. The minimum atomic E-state index is -2.06. The molecule has 0 saturated carbocycles. The summed E-state index contributed by atoms with van der Waals surface area (Å²) >= 11 is 0. The van der Waals surface area contributed by atoms with Gasteiger partial charge in [-0.2, -0.15) is 0 Å². The molecule has 2 saturated heterocycles. The van der Waals surface area contributed by atoms with Gasteiger partial charge in [-0.1, -0.05) is 106 Å². The zero-order valence-corrected chi connectivity index (χ0v) is 46.4. The zero-order valence-electron chi connectivity index (χ0n) is 45.4. The maximum Gasteiger partial charge on any atom is 0.411 e. The van der Waals surface area contributed by atoms with Crippen LogP contribution >= 0.6 is 0 Å². The Morgan fingerprint density at radius 2 is 0.986 bits per heavy atom. The van der Waals surface area contributed by atoms with Gasteiger partial charge < -0.3 is 39.4 Å². The average molecular weight is 1030 g/mol. The number of hydrogen-bond donors (Lipinski definition) is 3. The highest BCUT2D eigenvalue weighted by molar-refractivity contribution is 6.74. The van der Waals surface area contributed by atoms with Crippen molar-refractivity contribution < 1.29 is 47.8 Å². The molecular weight excluding hydrogens is 945 g/mol. The van der Waals surface area contributed by atoms with Crippen molar-refractivity contribution in [2.75, 3.05) is 53.5 Å². The molecule has 2 heterocycles. The summed E-state index contributed by atoms with van der Waals surface area (Å²) in [6, 6.07) is 25.0. The summed E-state index contributed by atoms with van der Waals surface area (Å²) in [6.07, 6.45) is -0.00346. The van der Waals surface area contributed by atoms with Gasteiger partial charge in [0.25, 0.3) is 0 Å². The lowest BCUT2D eigenvalue weighted by Gasteiger charge is -2.44. The Morgan fingerprint density at radius 1 is 0.603 bits per heavy atom. The van der Waals surface area contributed by atoms with Gasteiger partial charge in [0, 0.05) is 72.8 Å². The van der Waals surface area contributed by atoms with Gasteiger partial charge in [-0.15, -0.1) is 0 Å². The minimum Gasteiger partial charge on any atom is -0.444 e. The van der Waals surface area contributed by atoms with E-state index >= 15 is 0 Å². The second kappa shape index (κ2) is 24.3. The van der Waals surface area contributed by atoms with Crippen LogP contribution in [-0.4, -0.2) is 158 Å². The summed E-state index contributed by atoms with van der Waals surface area (Å²) < 4.78 is 17.5. The van der Waals surface area contributed by atoms with E-state index in [0.29, 0.717) is 25.9 Å². The Labute approximate surface area is 433 Å². The monoisotopic (exact) mass is 1020 g/mol. The Bertz CT molecular complexity index is 2590. The first-order chi connectivity index (χ1) is 34.2.